The zero-order valence-corrected chi connectivity index (χ0v) is 14.8. The minimum Gasteiger partial charge on any atom is -0.487 e. The van der Waals surface area contributed by atoms with Gasteiger partial charge in [-0.05, 0) is 29.8 Å². The predicted molar refractivity (Wildman–Crippen MR) is 106 cm³/mol. The molecule has 0 aliphatic rings. The van der Waals surface area contributed by atoms with Crippen LogP contribution in [0.25, 0.3) is 0 Å². The normalized spacial score (nSPS) is 10.2. The van der Waals surface area contributed by atoms with E-state index >= 15 is 0 Å². The summed E-state index contributed by atoms with van der Waals surface area (Å²) in [5.41, 5.74) is 2.75. The van der Waals surface area contributed by atoms with Crippen molar-refractivity contribution in [2.75, 3.05) is 23.8 Å². The monoisotopic (exact) mass is 346 g/mol. The lowest BCUT2D eigenvalue weighted by atomic mass is 10.2. The summed E-state index contributed by atoms with van der Waals surface area (Å²) >= 11 is 0. The Bertz CT molecular complexity index is 835. The lowest BCUT2D eigenvalue weighted by Gasteiger charge is -2.19. The third-order valence-electron chi connectivity index (χ3n) is 3.98. The topological polar surface area (TPSA) is 41.6 Å². The molecule has 0 radical (unpaired) electrons. The molecular weight excluding hydrogens is 324 g/mol. The van der Waals surface area contributed by atoms with Gasteiger partial charge in [0.1, 0.15) is 12.4 Å². The number of ether oxygens (including phenoxy) is 1. The van der Waals surface area contributed by atoms with E-state index in [0.29, 0.717) is 18.0 Å². The van der Waals surface area contributed by atoms with Crippen LogP contribution in [0.5, 0.6) is 5.75 Å². The Kier molecular flexibility index (Phi) is 5.88. The first-order chi connectivity index (χ1) is 12.7. The Morgan fingerprint density at radius 1 is 0.885 bits per heavy atom. The number of benzene rings is 3. The molecule has 3 aromatic rings. The van der Waals surface area contributed by atoms with Gasteiger partial charge in [0.2, 0.25) is 5.91 Å². The second kappa shape index (κ2) is 8.72. The van der Waals surface area contributed by atoms with Gasteiger partial charge in [0.05, 0.1) is 12.2 Å². The minimum absolute atomic E-state index is 0.0906. The summed E-state index contributed by atoms with van der Waals surface area (Å²) in [6, 6.07) is 27.3. The zero-order valence-electron chi connectivity index (χ0n) is 14.8. The molecule has 0 saturated heterocycles. The van der Waals surface area contributed by atoms with Gasteiger partial charge in [-0.15, -0.1) is 0 Å². The highest BCUT2D eigenvalue weighted by Gasteiger charge is 2.10. The quantitative estimate of drug-likeness (QED) is 0.692. The summed E-state index contributed by atoms with van der Waals surface area (Å²) in [6.07, 6.45) is 0. The van der Waals surface area contributed by atoms with Gasteiger partial charge in [-0.1, -0.05) is 60.7 Å². The number of rotatable bonds is 7. The van der Waals surface area contributed by atoms with E-state index in [0.717, 1.165) is 11.3 Å². The highest BCUT2D eigenvalue weighted by atomic mass is 16.5. The number of carbonyl (C=O) groups excluding carboxylic acids is 1. The van der Waals surface area contributed by atoms with Crippen molar-refractivity contribution in [2.45, 2.75) is 6.61 Å². The smallest absolute Gasteiger partial charge is 0.243 e. The standard InChI is InChI=1S/C22H22N2O2/c1-24(19-12-6-3-7-13-19)16-22(25)23-20-14-8-9-15-21(20)26-17-18-10-4-2-5-11-18/h2-15H,16-17H2,1H3,(H,23,25). The largest absolute Gasteiger partial charge is 0.487 e. The van der Waals surface area contributed by atoms with Crippen LogP contribution in [0, 0.1) is 0 Å². The Balaban J connectivity index is 1.61. The highest BCUT2D eigenvalue weighted by Crippen LogP contribution is 2.25. The van der Waals surface area contributed by atoms with Crippen LogP contribution in [-0.4, -0.2) is 19.5 Å². The molecule has 0 atom stereocenters. The summed E-state index contributed by atoms with van der Waals surface area (Å²) in [7, 11) is 1.90. The van der Waals surface area contributed by atoms with E-state index in [1.807, 2.05) is 96.9 Å². The van der Waals surface area contributed by atoms with Crippen molar-refractivity contribution >= 4 is 17.3 Å². The summed E-state index contributed by atoms with van der Waals surface area (Å²) in [6.45, 7) is 0.717. The Labute approximate surface area is 154 Å². The molecule has 1 amide bonds. The molecule has 3 aromatic carbocycles. The van der Waals surface area contributed by atoms with Crippen molar-refractivity contribution in [1.29, 1.82) is 0 Å². The first-order valence-corrected chi connectivity index (χ1v) is 8.54. The number of nitrogens with one attached hydrogen (secondary N) is 1. The Hall–Kier alpha value is -3.27. The lowest BCUT2D eigenvalue weighted by Crippen LogP contribution is -2.30. The molecule has 4 heteroatoms. The average molecular weight is 346 g/mol. The third kappa shape index (κ3) is 4.86. The van der Waals surface area contributed by atoms with Crippen LogP contribution in [-0.2, 0) is 11.4 Å². The van der Waals surface area contributed by atoms with Crippen molar-refractivity contribution in [2.24, 2.45) is 0 Å². The molecule has 26 heavy (non-hydrogen) atoms. The van der Waals surface area contributed by atoms with Gasteiger partial charge in [-0.3, -0.25) is 4.79 Å². The average Bonchev–Trinajstić information content (AvgIpc) is 2.68. The van der Waals surface area contributed by atoms with E-state index in [4.69, 9.17) is 4.74 Å². The lowest BCUT2D eigenvalue weighted by molar-refractivity contribution is -0.114. The molecule has 1 N–H and O–H groups in total. The molecule has 132 valence electrons. The minimum atomic E-state index is -0.0906. The molecule has 0 aromatic heterocycles. The Morgan fingerprint density at radius 2 is 1.50 bits per heavy atom. The molecule has 0 fully saturated rings. The van der Waals surface area contributed by atoms with Crippen LogP contribution in [0.3, 0.4) is 0 Å². The van der Waals surface area contributed by atoms with E-state index in [2.05, 4.69) is 5.32 Å². The highest BCUT2D eigenvalue weighted by molar-refractivity contribution is 5.95. The van der Waals surface area contributed by atoms with Gasteiger partial charge >= 0.3 is 0 Å². The predicted octanol–water partition coefficient (Wildman–Crippen LogP) is 4.34. The SMILES string of the molecule is CN(CC(=O)Nc1ccccc1OCc1ccccc1)c1ccccc1. The maximum absolute atomic E-state index is 12.4. The van der Waals surface area contributed by atoms with Crippen LogP contribution in [0.4, 0.5) is 11.4 Å². The fourth-order valence-electron chi connectivity index (χ4n) is 2.61. The van der Waals surface area contributed by atoms with Crippen LogP contribution >= 0.6 is 0 Å². The third-order valence-corrected chi connectivity index (χ3v) is 3.98. The number of para-hydroxylation sites is 3. The zero-order chi connectivity index (χ0) is 18.2. The second-order valence-electron chi connectivity index (χ2n) is 6.01. The van der Waals surface area contributed by atoms with Crippen molar-refractivity contribution in [1.82, 2.24) is 0 Å². The molecule has 0 heterocycles. The number of amides is 1. The van der Waals surface area contributed by atoms with E-state index < -0.39 is 0 Å². The van der Waals surface area contributed by atoms with E-state index in [9.17, 15) is 4.79 Å². The van der Waals surface area contributed by atoms with Crippen molar-refractivity contribution < 1.29 is 9.53 Å². The maximum atomic E-state index is 12.4. The molecule has 0 spiro atoms. The first kappa shape index (κ1) is 17.5. The van der Waals surface area contributed by atoms with E-state index in [1.54, 1.807) is 0 Å². The van der Waals surface area contributed by atoms with Gasteiger partial charge in [-0.2, -0.15) is 0 Å². The van der Waals surface area contributed by atoms with Gasteiger partial charge in [0.15, 0.2) is 0 Å². The summed E-state index contributed by atoms with van der Waals surface area (Å²) in [5.74, 6) is 0.569. The van der Waals surface area contributed by atoms with Crippen molar-refractivity contribution in [3.63, 3.8) is 0 Å². The van der Waals surface area contributed by atoms with Crippen molar-refractivity contribution in [3.05, 3.63) is 90.5 Å². The number of likely N-dealkylation sites (N-methyl/N-ethyl adjacent to an activating group) is 1. The number of anilines is 2. The number of hydrogen-bond donors (Lipinski definition) is 1. The molecule has 4 nitrogen and oxygen atoms in total. The Morgan fingerprint density at radius 3 is 2.23 bits per heavy atom. The van der Waals surface area contributed by atoms with Gasteiger partial charge < -0.3 is 15.0 Å². The van der Waals surface area contributed by atoms with E-state index in [-0.39, 0.29) is 12.5 Å². The van der Waals surface area contributed by atoms with E-state index in [1.165, 1.54) is 0 Å². The fraction of sp³-hybridized carbons (Fsp3) is 0.136. The van der Waals surface area contributed by atoms with Crippen LogP contribution in [0.15, 0.2) is 84.9 Å². The molecule has 3 rings (SSSR count). The van der Waals surface area contributed by atoms with Crippen molar-refractivity contribution in [3.8, 4) is 5.75 Å². The second-order valence-corrected chi connectivity index (χ2v) is 6.01. The first-order valence-electron chi connectivity index (χ1n) is 8.54. The molecular formula is C22H22N2O2. The maximum Gasteiger partial charge on any atom is 0.243 e. The number of nitrogens with zero attached hydrogens (tertiary/aromatic N) is 1. The molecule has 0 saturated carbocycles. The summed E-state index contributed by atoms with van der Waals surface area (Å²) in [4.78, 5) is 14.3. The van der Waals surface area contributed by atoms with Crippen LogP contribution in [0.1, 0.15) is 5.56 Å². The molecule has 0 aliphatic carbocycles. The number of carbonyl (C=O) groups is 1. The van der Waals surface area contributed by atoms with Gasteiger partial charge in [0.25, 0.3) is 0 Å². The fourth-order valence-corrected chi connectivity index (χ4v) is 2.61. The summed E-state index contributed by atoms with van der Waals surface area (Å²) in [5, 5.41) is 2.94. The summed E-state index contributed by atoms with van der Waals surface area (Å²) < 4.78 is 5.89. The van der Waals surface area contributed by atoms with Crippen LogP contribution in [0.2, 0.25) is 0 Å². The van der Waals surface area contributed by atoms with Gasteiger partial charge in [0, 0.05) is 12.7 Å². The van der Waals surface area contributed by atoms with Crippen LogP contribution < -0.4 is 15.0 Å². The molecule has 0 unspecified atom stereocenters. The van der Waals surface area contributed by atoms with Gasteiger partial charge in [-0.25, -0.2) is 0 Å². The molecule has 0 bridgehead atoms. The molecule has 0 aliphatic heterocycles. The number of hydrogen-bond acceptors (Lipinski definition) is 3.